The monoisotopic (exact) mass is 319 g/mol. The normalized spacial score (nSPS) is 20.9. The van der Waals surface area contributed by atoms with Gasteiger partial charge in [-0.2, -0.15) is 0 Å². The molecule has 1 saturated carbocycles. The number of amides is 1. The highest BCUT2D eigenvalue weighted by molar-refractivity contribution is 7.92. The second-order valence-corrected chi connectivity index (χ2v) is 7.84. The van der Waals surface area contributed by atoms with Crippen molar-refractivity contribution < 1.29 is 27.5 Å². The average Bonchev–Trinajstić information content (AvgIpc) is 3.17. The fourth-order valence-electron chi connectivity index (χ4n) is 2.54. The van der Waals surface area contributed by atoms with Crippen LogP contribution in [-0.2, 0) is 28.9 Å². The zero-order valence-electron chi connectivity index (χ0n) is 12.2. The summed E-state index contributed by atoms with van der Waals surface area (Å²) in [5, 5.41) is 0. The van der Waals surface area contributed by atoms with Gasteiger partial charge in [0.15, 0.2) is 9.84 Å². The lowest BCUT2D eigenvalue weighted by Crippen LogP contribution is -2.44. The number of esters is 1. The number of hydrogen-bond acceptors (Lipinski definition) is 6. The number of methoxy groups -OCH3 is 1. The quantitative estimate of drug-likeness (QED) is 0.619. The molecule has 0 radical (unpaired) electrons. The molecule has 1 amide bonds. The molecule has 0 atom stereocenters. The topological polar surface area (TPSA) is 90.0 Å². The number of carbonyl (C=O) groups excluding carboxylic acids is 2. The Balaban J connectivity index is 1.89. The van der Waals surface area contributed by atoms with E-state index in [1.165, 1.54) is 12.0 Å². The van der Waals surface area contributed by atoms with Crippen LogP contribution in [-0.4, -0.2) is 70.1 Å². The van der Waals surface area contributed by atoms with Crippen LogP contribution in [0.4, 0.5) is 0 Å². The van der Waals surface area contributed by atoms with Crippen LogP contribution in [0.15, 0.2) is 0 Å². The molecular weight excluding hydrogens is 298 g/mol. The molecule has 0 aromatic carbocycles. The minimum atomic E-state index is -3.52. The second-order valence-electron chi connectivity index (χ2n) is 5.78. The zero-order valence-corrected chi connectivity index (χ0v) is 13.0. The van der Waals surface area contributed by atoms with Crippen LogP contribution < -0.4 is 0 Å². The molecule has 0 bridgehead atoms. The van der Waals surface area contributed by atoms with E-state index in [0.717, 1.165) is 0 Å². The Morgan fingerprint density at radius 2 is 1.86 bits per heavy atom. The third-order valence-electron chi connectivity index (χ3n) is 3.94. The summed E-state index contributed by atoms with van der Waals surface area (Å²) in [6, 6.07) is 0. The lowest BCUT2D eigenvalue weighted by atomic mass is 10.1. The molecule has 0 unspecified atom stereocenters. The number of morpholine rings is 1. The average molecular weight is 319 g/mol. The molecule has 2 rings (SSSR count). The molecule has 120 valence electrons. The predicted octanol–water partition coefficient (Wildman–Crippen LogP) is -0.397. The van der Waals surface area contributed by atoms with Crippen molar-refractivity contribution in [3.05, 3.63) is 0 Å². The molecule has 1 heterocycles. The van der Waals surface area contributed by atoms with Crippen molar-refractivity contribution in [2.75, 3.05) is 44.9 Å². The Hall–Kier alpha value is -1.15. The SMILES string of the molecule is COC(=O)CC1(CS(=O)(=O)CC(=O)N2CCOCC2)CC1. The van der Waals surface area contributed by atoms with E-state index in [4.69, 9.17) is 4.74 Å². The summed E-state index contributed by atoms with van der Waals surface area (Å²) in [6.45, 7) is 1.75. The van der Waals surface area contributed by atoms with Crippen LogP contribution in [0.3, 0.4) is 0 Å². The van der Waals surface area contributed by atoms with Crippen LogP contribution in [0, 0.1) is 5.41 Å². The van der Waals surface area contributed by atoms with E-state index in [1.54, 1.807) is 0 Å². The van der Waals surface area contributed by atoms with Gasteiger partial charge in [0.05, 0.1) is 32.5 Å². The number of nitrogens with zero attached hydrogens (tertiary/aromatic N) is 1. The molecule has 1 aliphatic heterocycles. The smallest absolute Gasteiger partial charge is 0.306 e. The van der Waals surface area contributed by atoms with Gasteiger partial charge in [0.2, 0.25) is 5.91 Å². The fourth-order valence-corrected chi connectivity index (χ4v) is 4.52. The lowest BCUT2D eigenvalue weighted by molar-refractivity contribution is -0.141. The van der Waals surface area contributed by atoms with E-state index in [0.29, 0.717) is 39.1 Å². The van der Waals surface area contributed by atoms with Crippen molar-refractivity contribution in [1.82, 2.24) is 4.90 Å². The van der Waals surface area contributed by atoms with Gasteiger partial charge in [-0.1, -0.05) is 0 Å². The number of ether oxygens (including phenoxy) is 2. The third kappa shape index (κ3) is 4.67. The van der Waals surface area contributed by atoms with Crippen molar-refractivity contribution in [1.29, 1.82) is 0 Å². The van der Waals surface area contributed by atoms with Gasteiger partial charge in [-0.15, -0.1) is 0 Å². The maximum absolute atomic E-state index is 12.2. The maximum Gasteiger partial charge on any atom is 0.306 e. The summed E-state index contributed by atoms with van der Waals surface area (Å²) < 4.78 is 34.1. The van der Waals surface area contributed by atoms with Crippen molar-refractivity contribution >= 4 is 21.7 Å². The van der Waals surface area contributed by atoms with Crippen molar-refractivity contribution in [2.24, 2.45) is 5.41 Å². The molecular formula is C13H21NO6S. The second kappa shape index (κ2) is 6.31. The van der Waals surface area contributed by atoms with E-state index < -0.39 is 27.0 Å². The standard InChI is InChI=1S/C13H21NO6S/c1-19-12(16)8-13(2-3-13)10-21(17,18)9-11(15)14-4-6-20-7-5-14/h2-10H2,1H3. The molecule has 0 spiro atoms. The Kier molecular flexibility index (Phi) is 4.88. The molecule has 8 heteroatoms. The number of rotatable bonds is 6. The Morgan fingerprint density at radius 3 is 2.38 bits per heavy atom. The maximum atomic E-state index is 12.2. The van der Waals surface area contributed by atoms with Crippen LogP contribution in [0.2, 0.25) is 0 Å². The van der Waals surface area contributed by atoms with Gasteiger partial charge in [0.25, 0.3) is 0 Å². The highest BCUT2D eigenvalue weighted by Gasteiger charge is 2.48. The van der Waals surface area contributed by atoms with Crippen molar-refractivity contribution in [3.8, 4) is 0 Å². The summed E-state index contributed by atoms with van der Waals surface area (Å²) in [4.78, 5) is 24.8. The van der Waals surface area contributed by atoms with E-state index in [2.05, 4.69) is 4.74 Å². The van der Waals surface area contributed by atoms with Gasteiger partial charge in [-0.05, 0) is 18.3 Å². The van der Waals surface area contributed by atoms with Gasteiger partial charge >= 0.3 is 5.97 Å². The van der Waals surface area contributed by atoms with Gasteiger partial charge < -0.3 is 14.4 Å². The van der Waals surface area contributed by atoms with Crippen LogP contribution in [0.25, 0.3) is 0 Å². The van der Waals surface area contributed by atoms with E-state index >= 15 is 0 Å². The highest BCUT2D eigenvalue weighted by Crippen LogP contribution is 2.50. The van der Waals surface area contributed by atoms with Crippen LogP contribution >= 0.6 is 0 Å². The van der Waals surface area contributed by atoms with Gasteiger partial charge in [-0.25, -0.2) is 8.42 Å². The first-order chi connectivity index (χ1) is 9.86. The minimum Gasteiger partial charge on any atom is -0.469 e. The number of carbonyl (C=O) groups is 2. The van der Waals surface area contributed by atoms with Gasteiger partial charge in [0, 0.05) is 13.1 Å². The summed E-state index contributed by atoms with van der Waals surface area (Å²) in [6.07, 6.45) is 1.48. The van der Waals surface area contributed by atoms with Gasteiger partial charge in [0.1, 0.15) is 5.75 Å². The van der Waals surface area contributed by atoms with E-state index in [1.807, 2.05) is 0 Å². The Bertz CT molecular complexity index is 505. The molecule has 1 aliphatic carbocycles. The third-order valence-corrected chi connectivity index (χ3v) is 5.68. The molecule has 21 heavy (non-hydrogen) atoms. The van der Waals surface area contributed by atoms with E-state index in [9.17, 15) is 18.0 Å². The zero-order chi connectivity index (χ0) is 15.5. The summed E-state index contributed by atoms with van der Waals surface area (Å²) in [5.41, 5.74) is -0.517. The summed E-state index contributed by atoms with van der Waals surface area (Å²) in [7, 11) is -2.23. The molecule has 2 aliphatic rings. The molecule has 7 nitrogen and oxygen atoms in total. The Morgan fingerprint density at radius 1 is 1.24 bits per heavy atom. The lowest BCUT2D eigenvalue weighted by Gasteiger charge is -2.27. The molecule has 2 fully saturated rings. The highest BCUT2D eigenvalue weighted by atomic mass is 32.2. The van der Waals surface area contributed by atoms with Crippen LogP contribution in [0.1, 0.15) is 19.3 Å². The van der Waals surface area contributed by atoms with E-state index in [-0.39, 0.29) is 18.1 Å². The first-order valence-corrected chi connectivity index (χ1v) is 8.81. The first-order valence-electron chi connectivity index (χ1n) is 6.99. The predicted molar refractivity (Wildman–Crippen MR) is 74.4 cm³/mol. The minimum absolute atomic E-state index is 0.106. The molecule has 0 aromatic rings. The van der Waals surface area contributed by atoms with Crippen molar-refractivity contribution in [2.45, 2.75) is 19.3 Å². The van der Waals surface area contributed by atoms with Gasteiger partial charge in [-0.3, -0.25) is 9.59 Å². The summed E-state index contributed by atoms with van der Waals surface area (Å²) >= 11 is 0. The Labute approximate surface area is 124 Å². The summed E-state index contributed by atoms with van der Waals surface area (Å²) in [5.74, 6) is -1.39. The molecule has 1 saturated heterocycles. The molecule has 0 N–H and O–H groups in total. The molecule has 0 aromatic heterocycles. The largest absolute Gasteiger partial charge is 0.469 e. The van der Waals surface area contributed by atoms with Crippen LogP contribution in [0.5, 0.6) is 0 Å². The fraction of sp³-hybridized carbons (Fsp3) is 0.846. The number of sulfone groups is 1. The first kappa shape index (κ1) is 16.2. The number of hydrogen-bond donors (Lipinski definition) is 0. The van der Waals surface area contributed by atoms with Crippen molar-refractivity contribution in [3.63, 3.8) is 0 Å².